The Morgan fingerprint density at radius 1 is 0.842 bits per heavy atom. The van der Waals surface area contributed by atoms with Gasteiger partial charge in [0.15, 0.2) is 0 Å². The quantitative estimate of drug-likeness (QED) is 0.685. The van der Waals surface area contributed by atoms with E-state index in [0.717, 1.165) is 12.0 Å². The van der Waals surface area contributed by atoms with Crippen LogP contribution in [0.4, 0.5) is 0 Å². The van der Waals surface area contributed by atoms with Crippen molar-refractivity contribution >= 4 is 0 Å². The molecule has 2 nitrogen and oxygen atoms in total. The van der Waals surface area contributed by atoms with E-state index in [4.69, 9.17) is 0 Å². The summed E-state index contributed by atoms with van der Waals surface area (Å²) >= 11 is 0. The summed E-state index contributed by atoms with van der Waals surface area (Å²) in [4.78, 5) is 3.85. The highest BCUT2D eigenvalue weighted by Gasteiger charge is 2.31. The van der Waals surface area contributed by atoms with Gasteiger partial charge in [0.1, 0.15) is 26.2 Å². The molecule has 2 aliphatic carbocycles. The molecule has 1 atom stereocenters. The first kappa shape index (κ1) is 13.6. The SMILES string of the molecule is C1=CC[C@@H](C[NH+]2CC[NH+](C3CCCCC3)CC2)CC1. The van der Waals surface area contributed by atoms with E-state index in [9.17, 15) is 0 Å². The lowest BCUT2D eigenvalue weighted by Gasteiger charge is -2.37. The number of piperazine rings is 1. The fourth-order valence-electron chi connectivity index (χ4n) is 4.50. The van der Waals surface area contributed by atoms with Crippen LogP contribution in [0.2, 0.25) is 0 Å². The molecule has 1 saturated heterocycles. The molecule has 0 amide bonds. The Balaban J connectivity index is 1.40. The van der Waals surface area contributed by atoms with E-state index in [0.29, 0.717) is 0 Å². The van der Waals surface area contributed by atoms with Crippen LogP contribution < -0.4 is 9.80 Å². The average molecular weight is 264 g/mol. The second kappa shape index (κ2) is 6.90. The van der Waals surface area contributed by atoms with Crippen molar-refractivity contribution in [1.82, 2.24) is 0 Å². The van der Waals surface area contributed by atoms with Gasteiger partial charge >= 0.3 is 0 Å². The molecule has 2 heteroatoms. The summed E-state index contributed by atoms with van der Waals surface area (Å²) in [5, 5.41) is 0. The summed E-state index contributed by atoms with van der Waals surface area (Å²) in [6, 6.07) is 1.02. The number of hydrogen-bond donors (Lipinski definition) is 2. The number of allylic oxidation sites excluding steroid dienone is 2. The number of hydrogen-bond acceptors (Lipinski definition) is 0. The largest absolute Gasteiger partial charge is 0.325 e. The van der Waals surface area contributed by atoms with Crippen molar-refractivity contribution in [2.75, 3.05) is 32.7 Å². The smallest absolute Gasteiger partial charge is 0.127 e. The average Bonchev–Trinajstić information content (AvgIpc) is 2.50. The highest BCUT2D eigenvalue weighted by Crippen LogP contribution is 2.16. The molecule has 0 aromatic rings. The molecule has 0 aromatic heterocycles. The van der Waals surface area contributed by atoms with Gasteiger partial charge in [-0.1, -0.05) is 18.6 Å². The molecule has 2 fully saturated rings. The van der Waals surface area contributed by atoms with E-state index in [1.54, 1.807) is 0 Å². The van der Waals surface area contributed by atoms with Gasteiger partial charge in [-0.25, -0.2) is 0 Å². The van der Waals surface area contributed by atoms with Gasteiger partial charge in [0, 0.05) is 5.92 Å². The highest BCUT2D eigenvalue weighted by atomic mass is 15.3. The molecule has 0 aromatic carbocycles. The van der Waals surface area contributed by atoms with Crippen LogP contribution in [0.25, 0.3) is 0 Å². The molecule has 0 unspecified atom stereocenters. The topological polar surface area (TPSA) is 8.88 Å². The molecule has 108 valence electrons. The van der Waals surface area contributed by atoms with Gasteiger partial charge in [-0.2, -0.15) is 0 Å². The summed E-state index contributed by atoms with van der Waals surface area (Å²) in [7, 11) is 0. The van der Waals surface area contributed by atoms with Crippen molar-refractivity contribution < 1.29 is 9.80 Å². The van der Waals surface area contributed by atoms with Crippen molar-refractivity contribution in [2.24, 2.45) is 5.92 Å². The molecule has 0 bridgehead atoms. The zero-order valence-corrected chi connectivity index (χ0v) is 12.5. The lowest BCUT2D eigenvalue weighted by Crippen LogP contribution is -3.29. The Hall–Kier alpha value is -0.340. The molecule has 2 N–H and O–H groups in total. The molecule has 1 heterocycles. The number of rotatable bonds is 3. The van der Waals surface area contributed by atoms with Crippen molar-refractivity contribution in [2.45, 2.75) is 57.4 Å². The lowest BCUT2D eigenvalue weighted by atomic mass is 9.92. The Kier molecular flexibility index (Phi) is 4.95. The molecular formula is C17H32N2+2. The predicted octanol–water partition coefficient (Wildman–Crippen LogP) is 0.459. The number of quaternary nitrogens is 2. The lowest BCUT2D eigenvalue weighted by molar-refractivity contribution is -1.03. The maximum absolute atomic E-state index is 2.41. The molecule has 19 heavy (non-hydrogen) atoms. The monoisotopic (exact) mass is 264 g/mol. The predicted molar refractivity (Wildman–Crippen MR) is 79.6 cm³/mol. The molecule has 3 aliphatic rings. The van der Waals surface area contributed by atoms with E-state index < -0.39 is 0 Å². The first-order chi connectivity index (χ1) is 9.42. The minimum absolute atomic E-state index is 0.983. The van der Waals surface area contributed by atoms with E-state index in [2.05, 4.69) is 12.2 Å². The van der Waals surface area contributed by atoms with E-state index in [1.165, 1.54) is 84.1 Å². The third-order valence-corrected chi connectivity index (χ3v) is 5.74. The van der Waals surface area contributed by atoms with Crippen LogP contribution in [0.5, 0.6) is 0 Å². The fourth-order valence-corrected chi connectivity index (χ4v) is 4.50. The van der Waals surface area contributed by atoms with E-state index in [-0.39, 0.29) is 0 Å². The number of nitrogens with one attached hydrogen (secondary N) is 2. The second-order valence-electron chi connectivity index (χ2n) is 7.10. The Morgan fingerprint density at radius 2 is 1.63 bits per heavy atom. The highest BCUT2D eigenvalue weighted by molar-refractivity contribution is 4.89. The van der Waals surface area contributed by atoms with Crippen molar-refractivity contribution in [3.8, 4) is 0 Å². The molecule has 1 saturated carbocycles. The summed E-state index contributed by atoms with van der Waals surface area (Å²) in [5.41, 5.74) is 0. The van der Waals surface area contributed by atoms with Crippen molar-refractivity contribution in [3.05, 3.63) is 12.2 Å². The van der Waals surface area contributed by atoms with Gasteiger partial charge in [0.2, 0.25) is 0 Å². The third kappa shape index (κ3) is 3.82. The molecular weight excluding hydrogens is 232 g/mol. The fraction of sp³-hybridized carbons (Fsp3) is 0.882. The van der Waals surface area contributed by atoms with Gasteiger partial charge in [-0.15, -0.1) is 0 Å². The Bertz CT molecular complexity index is 286. The first-order valence-corrected chi connectivity index (χ1v) is 8.75. The minimum atomic E-state index is 0.983. The van der Waals surface area contributed by atoms with E-state index >= 15 is 0 Å². The molecule has 1 aliphatic heterocycles. The van der Waals surface area contributed by atoms with Gasteiger partial charge in [0.05, 0.1) is 12.6 Å². The summed E-state index contributed by atoms with van der Waals surface area (Å²) in [6.45, 7) is 7.21. The van der Waals surface area contributed by atoms with Crippen LogP contribution in [0.1, 0.15) is 51.4 Å². The summed E-state index contributed by atoms with van der Waals surface area (Å²) < 4.78 is 0. The van der Waals surface area contributed by atoms with Gasteiger partial charge in [-0.3, -0.25) is 0 Å². The van der Waals surface area contributed by atoms with Crippen LogP contribution in [0, 0.1) is 5.92 Å². The zero-order chi connectivity index (χ0) is 12.9. The van der Waals surface area contributed by atoms with Crippen LogP contribution in [0.3, 0.4) is 0 Å². The third-order valence-electron chi connectivity index (χ3n) is 5.74. The minimum Gasteiger partial charge on any atom is -0.325 e. The van der Waals surface area contributed by atoms with Crippen molar-refractivity contribution in [3.63, 3.8) is 0 Å². The van der Waals surface area contributed by atoms with E-state index in [1.807, 2.05) is 9.80 Å². The zero-order valence-electron chi connectivity index (χ0n) is 12.5. The van der Waals surface area contributed by atoms with Crippen molar-refractivity contribution in [1.29, 1.82) is 0 Å². The van der Waals surface area contributed by atoms with Gasteiger partial charge in [-0.05, 0) is 44.9 Å². The molecule has 0 spiro atoms. The van der Waals surface area contributed by atoms with Gasteiger partial charge < -0.3 is 9.80 Å². The van der Waals surface area contributed by atoms with Crippen LogP contribution in [-0.4, -0.2) is 38.8 Å². The van der Waals surface area contributed by atoms with Crippen LogP contribution in [0.15, 0.2) is 12.2 Å². The summed E-state index contributed by atoms with van der Waals surface area (Å²) in [6.07, 6.45) is 16.4. The molecule has 0 radical (unpaired) electrons. The Morgan fingerprint density at radius 3 is 2.32 bits per heavy atom. The normalized spacial score (nSPS) is 37.4. The van der Waals surface area contributed by atoms with Gasteiger partial charge in [0.25, 0.3) is 0 Å². The maximum atomic E-state index is 2.41. The Labute approximate surface area is 118 Å². The molecule has 3 rings (SSSR count). The van der Waals surface area contributed by atoms with Crippen LogP contribution >= 0.6 is 0 Å². The maximum Gasteiger partial charge on any atom is 0.127 e. The summed E-state index contributed by atoms with van der Waals surface area (Å²) in [5.74, 6) is 0.983. The standard InChI is InChI=1S/C17H30N2/c1-3-7-16(8-4-1)15-18-11-13-19(14-12-18)17-9-5-2-6-10-17/h1,3,16-17H,2,4-15H2/p+2/t16-/m1/s1. The second-order valence-corrected chi connectivity index (χ2v) is 7.10. The van der Waals surface area contributed by atoms with Crippen LogP contribution in [-0.2, 0) is 0 Å². The first-order valence-electron chi connectivity index (χ1n) is 8.75.